The minimum Gasteiger partial charge on any atom is -0.460 e. The molecule has 0 fully saturated rings. The molecule has 0 aliphatic heterocycles. The summed E-state index contributed by atoms with van der Waals surface area (Å²) in [6, 6.07) is 27.0. The lowest BCUT2D eigenvalue weighted by Gasteiger charge is -2.20. The van der Waals surface area contributed by atoms with E-state index in [2.05, 4.69) is 0 Å². The summed E-state index contributed by atoms with van der Waals surface area (Å²) in [5.74, 6) is 1.18. The molecular weight excluding hydrogens is 336 g/mol. The van der Waals surface area contributed by atoms with Crippen LogP contribution in [0.25, 0.3) is 0 Å². The highest BCUT2D eigenvalue weighted by atomic mass is 16.5. The number of hydrogen-bond donors (Lipinski definition) is 0. The Bertz CT molecular complexity index is 857. The molecule has 0 spiro atoms. The summed E-state index contributed by atoms with van der Waals surface area (Å²) in [5.41, 5.74) is 1.88. The molecule has 1 atom stereocenters. The van der Waals surface area contributed by atoms with Gasteiger partial charge in [0.25, 0.3) is 0 Å². The van der Waals surface area contributed by atoms with E-state index in [0.29, 0.717) is 0 Å². The summed E-state index contributed by atoms with van der Waals surface area (Å²) in [6.07, 6.45) is 0. The number of benzene rings is 3. The van der Waals surface area contributed by atoms with Crippen molar-refractivity contribution < 1.29 is 14.3 Å². The van der Waals surface area contributed by atoms with Crippen molar-refractivity contribution in [2.45, 2.75) is 26.4 Å². The first-order valence-electron chi connectivity index (χ1n) is 9.17. The molecule has 1 unspecified atom stereocenters. The van der Waals surface area contributed by atoms with Crippen LogP contribution in [0.2, 0.25) is 0 Å². The van der Waals surface area contributed by atoms with Crippen LogP contribution >= 0.6 is 0 Å². The Morgan fingerprint density at radius 3 is 2.11 bits per heavy atom. The van der Waals surface area contributed by atoms with Gasteiger partial charge in [0.15, 0.2) is 0 Å². The summed E-state index contributed by atoms with van der Waals surface area (Å²) in [4.78, 5) is 12.7. The number of esters is 1. The molecule has 0 heterocycles. The molecule has 3 aromatic carbocycles. The standard InChI is InChI=1S/C24H24O3/c1-18(2)23(20-11-5-3-6-12-20)24(25)26-17-19-10-9-15-22(16-19)27-21-13-7-4-8-14-21/h3-16,18,23H,17H2,1-2H3. The largest absolute Gasteiger partial charge is 0.460 e. The van der Waals surface area contributed by atoms with Crippen molar-refractivity contribution >= 4 is 5.97 Å². The van der Waals surface area contributed by atoms with Gasteiger partial charge in [-0.25, -0.2) is 0 Å². The Morgan fingerprint density at radius 2 is 1.44 bits per heavy atom. The lowest BCUT2D eigenvalue weighted by atomic mass is 9.88. The fourth-order valence-electron chi connectivity index (χ4n) is 3.02. The second-order valence-corrected chi connectivity index (χ2v) is 6.80. The minimum atomic E-state index is -0.269. The number of ether oxygens (including phenoxy) is 2. The molecule has 0 aliphatic rings. The minimum absolute atomic E-state index is 0.160. The summed E-state index contributed by atoms with van der Waals surface area (Å²) >= 11 is 0. The Balaban J connectivity index is 1.65. The highest BCUT2D eigenvalue weighted by molar-refractivity contribution is 5.78. The number of carbonyl (C=O) groups is 1. The maximum atomic E-state index is 12.7. The third-order valence-electron chi connectivity index (χ3n) is 4.34. The summed E-state index contributed by atoms with van der Waals surface area (Å²) < 4.78 is 11.5. The fourth-order valence-corrected chi connectivity index (χ4v) is 3.02. The molecule has 0 aromatic heterocycles. The van der Waals surface area contributed by atoms with Crippen LogP contribution in [-0.4, -0.2) is 5.97 Å². The number of para-hydroxylation sites is 1. The van der Waals surface area contributed by atoms with Crippen molar-refractivity contribution in [1.82, 2.24) is 0 Å². The van der Waals surface area contributed by atoms with Crippen LogP contribution in [-0.2, 0) is 16.1 Å². The monoisotopic (exact) mass is 360 g/mol. The summed E-state index contributed by atoms with van der Waals surface area (Å²) in [7, 11) is 0. The Hall–Kier alpha value is -3.07. The van der Waals surface area contributed by atoms with Crippen LogP contribution in [0.3, 0.4) is 0 Å². The van der Waals surface area contributed by atoms with Crippen LogP contribution in [0.5, 0.6) is 11.5 Å². The van der Waals surface area contributed by atoms with Crippen molar-refractivity contribution in [3.8, 4) is 11.5 Å². The van der Waals surface area contributed by atoms with Crippen molar-refractivity contribution in [3.63, 3.8) is 0 Å². The molecule has 27 heavy (non-hydrogen) atoms. The van der Waals surface area contributed by atoms with Crippen LogP contribution in [0.1, 0.15) is 30.9 Å². The van der Waals surface area contributed by atoms with Crippen LogP contribution in [0.15, 0.2) is 84.9 Å². The first kappa shape index (κ1) is 18.7. The second kappa shape index (κ2) is 9.04. The van der Waals surface area contributed by atoms with Gasteiger partial charge in [0.05, 0.1) is 5.92 Å². The molecule has 3 nitrogen and oxygen atoms in total. The van der Waals surface area contributed by atoms with Gasteiger partial charge in [0.2, 0.25) is 0 Å². The molecule has 0 saturated carbocycles. The molecular formula is C24H24O3. The van der Waals surface area contributed by atoms with E-state index in [9.17, 15) is 4.79 Å². The molecule has 3 aromatic rings. The van der Waals surface area contributed by atoms with E-state index >= 15 is 0 Å². The average Bonchev–Trinajstić information content (AvgIpc) is 2.68. The predicted octanol–water partition coefficient (Wildman–Crippen LogP) is 5.96. The zero-order valence-corrected chi connectivity index (χ0v) is 15.7. The zero-order chi connectivity index (χ0) is 19.1. The second-order valence-electron chi connectivity index (χ2n) is 6.80. The van der Waals surface area contributed by atoms with E-state index in [0.717, 1.165) is 22.6 Å². The highest BCUT2D eigenvalue weighted by Crippen LogP contribution is 2.27. The first-order chi connectivity index (χ1) is 13.1. The molecule has 138 valence electrons. The van der Waals surface area contributed by atoms with Crippen molar-refractivity contribution in [2.75, 3.05) is 0 Å². The van der Waals surface area contributed by atoms with E-state index in [1.165, 1.54) is 0 Å². The number of carbonyl (C=O) groups excluding carboxylic acids is 1. The summed E-state index contributed by atoms with van der Waals surface area (Å²) in [5, 5.41) is 0. The van der Waals surface area contributed by atoms with Gasteiger partial charge in [0.1, 0.15) is 18.1 Å². The van der Waals surface area contributed by atoms with Crippen LogP contribution < -0.4 is 4.74 Å². The van der Waals surface area contributed by atoms with Crippen molar-refractivity contribution in [3.05, 3.63) is 96.1 Å². The Labute approximate surface area is 160 Å². The van der Waals surface area contributed by atoms with Gasteiger partial charge in [-0.1, -0.05) is 74.5 Å². The lowest BCUT2D eigenvalue weighted by Crippen LogP contribution is -2.20. The molecule has 0 amide bonds. The quantitative estimate of drug-likeness (QED) is 0.488. The summed E-state index contributed by atoms with van der Waals surface area (Å²) in [6.45, 7) is 4.29. The maximum Gasteiger partial charge on any atom is 0.314 e. The van der Waals surface area contributed by atoms with E-state index in [1.807, 2.05) is 98.8 Å². The van der Waals surface area contributed by atoms with Gasteiger partial charge in [0, 0.05) is 0 Å². The number of hydrogen-bond acceptors (Lipinski definition) is 3. The highest BCUT2D eigenvalue weighted by Gasteiger charge is 2.25. The topological polar surface area (TPSA) is 35.5 Å². The average molecular weight is 360 g/mol. The number of rotatable bonds is 7. The maximum absolute atomic E-state index is 12.7. The van der Waals surface area contributed by atoms with E-state index in [1.54, 1.807) is 0 Å². The molecule has 0 saturated heterocycles. The molecule has 0 aliphatic carbocycles. The van der Waals surface area contributed by atoms with E-state index < -0.39 is 0 Å². The predicted molar refractivity (Wildman–Crippen MR) is 107 cm³/mol. The van der Waals surface area contributed by atoms with Gasteiger partial charge in [-0.15, -0.1) is 0 Å². The van der Waals surface area contributed by atoms with Gasteiger partial charge in [-0.2, -0.15) is 0 Å². The molecule has 0 bridgehead atoms. The van der Waals surface area contributed by atoms with Crippen molar-refractivity contribution in [2.24, 2.45) is 5.92 Å². The van der Waals surface area contributed by atoms with Crippen LogP contribution in [0.4, 0.5) is 0 Å². The normalized spacial score (nSPS) is 11.8. The molecule has 0 N–H and O–H groups in total. The van der Waals surface area contributed by atoms with Gasteiger partial charge in [-0.3, -0.25) is 4.79 Å². The zero-order valence-electron chi connectivity index (χ0n) is 15.7. The smallest absolute Gasteiger partial charge is 0.314 e. The van der Waals surface area contributed by atoms with Crippen LogP contribution in [0, 0.1) is 5.92 Å². The van der Waals surface area contributed by atoms with Gasteiger partial charge >= 0.3 is 5.97 Å². The first-order valence-corrected chi connectivity index (χ1v) is 9.17. The van der Waals surface area contributed by atoms with E-state index in [-0.39, 0.29) is 24.4 Å². The van der Waals surface area contributed by atoms with Gasteiger partial charge < -0.3 is 9.47 Å². The Morgan fingerprint density at radius 1 is 0.815 bits per heavy atom. The van der Waals surface area contributed by atoms with Gasteiger partial charge in [-0.05, 0) is 41.3 Å². The Kier molecular flexibility index (Phi) is 6.26. The third-order valence-corrected chi connectivity index (χ3v) is 4.34. The molecule has 3 heteroatoms. The SMILES string of the molecule is CC(C)C(C(=O)OCc1cccc(Oc2ccccc2)c1)c1ccccc1. The lowest BCUT2D eigenvalue weighted by molar-refractivity contribution is -0.148. The molecule has 3 rings (SSSR count). The third kappa shape index (κ3) is 5.20. The molecule has 0 radical (unpaired) electrons. The van der Waals surface area contributed by atoms with Crippen molar-refractivity contribution in [1.29, 1.82) is 0 Å². The fraction of sp³-hybridized carbons (Fsp3) is 0.208. The van der Waals surface area contributed by atoms with E-state index in [4.69, 9.17) is 9.47 Å².